The molecule has 2 rings (SSSR count). The van der Waals surface area contributed by atoms with Gasteiger partial charge < -0.3 is 10.6 Å². The predicted molar refractivity (Wildman–Crippen MR) is 83.9 cm³/mol. The maximum Gasteiger partial charge on any atom is 0.0372 e. The van der Waals surface area contributed by atoms with Gasteiger partial charge in [-0.15, -0.1) is 0 Å². The van der Waals surface area contributed by atoms with Gasteiger partial charge in [0.15, 0.2) is 0 Å². The van der Waals surface area contributed by atoms with Gasteiger partial charge in [0.05, 0.1) is 0 Å². The second-order valence-corrected chi connectivity index (χ2v) is 6.26. The zero-order chi connectivity index (χ0) is 13.7. The van der Waals surface area contributed by atoms with Crippen LogP contribution in [0.25, 0.3) is 0 Å². The molecule has 0 saturated carbocycles. The van der Waals surface area contributed by atoms with E-state index in [0.29, 0.717) is 6.04 Å². The molecule has 0 amide bonds. The summed E-state index contributed by atoms with van der Waals surface area (Å²) in [6.45, 7) is 9.11. The van der Waals surface area contributed by atoms with Crippen molar-refractivity contribution in [1.29, 1.82) is 0 Å². The van der Waals surface area contributed by atoms with Gasteiger partial charge in [0.2, 0.25) is 0 Å². The van der Waals surface area contributed by atoms with Crippen molar-refractivity contribution in [3.8, 4) is 0 Å². The average Bonchev–Trinajstić information content (AvgIpc) is 2.38. The van der Waals surface area contributed by atoms with Crippen molar-refractivity contribution in [3.05, 3.63) is 29.3 Å². The summed E-state index contributed by atoms with van der Waals surface area (Å²) in [5, 5.41) is 7.10. The van der Waals surface area contributed by atoms with Crippen LogP contribution in [0, 0.1) is 5.92 Å². The highest BCUT2D eigenvalue weighted by molar-refractivity contribution is 5.54. The zero-order valence-electron chi connectivity index (χ0n) is 12.6. The molecule has 0 saturated heterocycles. The quantitative estimate of drug-likeness (QED) is 0.816. The van der Waals surface area contributed by atoms with E-state index in [4.69, 9.17) is 0 Å². The fraction of sp³-hybridized carbons (Fsp3) is 0.647. The van der Waals surface area contributed by atoms with E-state index < -0.39 is 0 Å². The van der Waals surface area contributed by atoms with E-state index in [9.17, 15) is 0 Å². The summed E-state index contributed by atoms with van der Waals surface area (Å²) in [6.07, 6.45) is 4.88. The van der Waals surface area contributed by atoms with Crippen LogP contribution in [0.1, 0.15) is 44.7 Å². The molecule has 0 spiro atoms. The van der Waals surface area contributed by atoms with E-state index in [0.717, 1.165) is 25.4 Å². The summed E-state index contributed by atoms with van der Waals surface area (Å²) in [5.41, 5.74) is 4.31. The normalized spacial score (nSPS) is 16.0. The molecule has 2 nitrogen and oxygen atoms in total. The minimum Gasteiger partial charge on any atom is -0.385 e. The SMILES string of the molecule is CC(C)CCNC(C)Cc1ccc2c(c1)CCCN2. The minimum absolute atomic E-state index is 0.563. The Balaban J connectivity index is 1.85. The Morgan fingerprint density at radius 2 is 2.11 bits per heavy atom. The maximum absolute atomic E-state index is 3.63. The first-order valence-electron chi connectivity index (χ1n) is 7.74. The molecule has 1 aliphatic heterocycles. The summed E-state index contributed by atoms with van der Waals surface area (Å²) in [7, 11) is 0. The number of aryl methyl sites for hydroxylation is 1. The lowest BCUT2D eigenvalue weighted by Crippen LogP contribution is -2.29. The first-order chi connectivity index (χ1) is 9.15. The first-order valence-corrected chi connectivity index (χ1v) is 7.74. The summed E-state index contributed by atoms with van der Waals surface area (Å²) in [5.74, 6) is 0.787. The molecule has 1 unspecified atom stereocenters. The van der Waals surface area contributed by atoms with Crippen molar-refractivity contribution in [2.45, 2.75) is 52.5 Å². The lowest BCUT2D eigenvalue weighted by atomic mass is 9.98. The molecule has 2 heteroatoms. The molecular formula is C17H28N2. The number of hydrogen-bond acceptors (Lipinski definition) is 2. The van der Waals surface area contributed by atoms with Crippen LogP contribution in [0.2, 0.25) is 0 Å². The van der Waals surface area contributed by atoms with Crippen LogP contribution in [-0.2, 0) is 12.8 Å². The van der Waals surface area contributed by atoms with Gasteiger partial charge in [-0.1, -0.05) is 26.0 Å². The Hall–Kier alpha value is -1.02. The van der Waals surface area contributed by atoms with Crippen LogP contribution in [-0.4, -0.2) is 19.1 Å². The van der Waals surface area contributed by atoms with Crippen molar-refractivity contribution in [3.63, 3.8) is 0 Å². The van der Waals surface area contributed by atoms with E-state index in [1.54, 1.807) is 0 Å². The van der Waals surface area contributed by atoms with Gasteiger partial charge in [-0.3, -0.25) is 0 Å². The molecule has 2 N–H and O–H groups in total. The maximum atomic E-state index is 3.63. The molecule has 0 aromatic heterocycles. The second kappa shape index (κ2) is 6.95. The number of nitrogens with one attached hydrogen (secondary N) is 2. The van der Waals surface area contributed by atoms with E-state index >= 15 is 0 Å². The fourth-order valence-electron chi connectivity index (χ4n) is 2.70. The smallest absolute Gasteiger partial charge is 0.0372 e. The third kappa shape index (κ3) is 4.54. The van der Waals surface area contributed by atoms with Gasteiger partial charge in [-0.2, -0.15) is 0 Å². The average molecular weight is 260 g/mol. The van der Waals surface area contributed by atoms with E-state index in [1.165, 1.54) is 36.1 Å². The van der Waals surface area contributed by atoms with Crippen molar-refractivity contribution in [1.82, 2.24) is 5.32 Å². The summed E-state index contributed by atoms with van der Waals surface area (Å²) in [4.78, 5) is 0. The zero-order valence-corrected chi connectivity index (χ0v) is 12.6. The number of anilines is 1. The molecule has 0 fully saturated rings. The van der Waals surface area contributed by atoms with E-state index in [1.807, 2.05) is 0 Å². The summed E-state index contributed by atoms with van der Waals surface area (Å²) in [6, 6.07) is 7.48. The molecule has 1 aromatic carbocycles. The molecule has 1 atom stereocenters. The third-order valence-corrected chi connectivity index (χ3v) is 3.86. The van der Waals surface area contributed by atoms with Crippen LogP contribution >= 0.6 is 0 Å². The largest absolute Gasteiger partial charge is 0.385 e. The fourth-order valence-corrected chi connectivity index (χ4v) is 2.70. The van der Waals surface area contributed by atoms with Crippen LogP contribution in [0.5, 0.6) is 0 Å². The minimum atomic E-state index is 0.563. The number of fused-ring (bicyclic) bond motifs is 1. The van der Waals surface area contributed by atoms with Crippen LogP contribution in [0.4, 0.5) is 5.69 Å². The van der Waals surface area contributed by atoms with Crippen molar-refractivity contribution >= 4 is 5.69 Å². The second-order valence-electron chi connectivity index (χ2n) is 6.26. The van der Waals surface area contributed by atoms with Gasteiger partial charge in [0.1, 0.15) is 0 Å². The lowest BCUT2D eigenvalue weighted by molar-refractivity contribution is 0.485. The lowest BCUT2D eigenvalue weighted by Gasteiger charge is -2.20. The monoisotopic (exact) mass is 260 g/mol. The molecule has 19 heavy (non-hydrogen) atoms. The van der Waals surface area contributed by atoms with Gasteiger partial charge in [0, 0.05) is 18.3 Å². The number of benzene rings is 1. The Morgan fingerprint density at radius 1 is 1.26 bits per heavy atom. The highest BCUT2D eigenvalue weighted by Gasteiger charge is 2.10. The van der Waals surface area contributed by atoms with Gasteiger partial charge in [0.25, 0.3) is 0 Å². The molecule has 1 aliphatic rings. The molecule has 1 heterocycles. The highest BCUT2D eigenvalue weighted by atomic mass is 14.9. The van der Waals surface area contributed by atoms with Crippen molar-refractivity contribution in [2.75, 3.05) is 18.4 Å². The Bertz CT molecular complexity index is 398. The van der Waals surface area contributed by atoms with Crippen LogP contribution in [0.15, 0.2) is 18.2 Å². The van der Waals surface area contributed by atoms with Crippen molar-refractivity contribution in [2.24, 2.45) is 5.92 Å². The number of rotatable bonds is 6. The van der Waals surface area contributed by atoms with Crippen LogP contribution in [0.3, 0.4) is 0 Å². The van der Waals surface area contributed by atoms with Gasteiger partial charge in [-0.05, 0) is 62.3 Å². The first kappa shape index (κ1) is 14.4. The molecule has 1 aromatic rings. The highest BCUT2D eigenvalue weighted by Crippen LogP contribution is 2.23. The van der Waals surface area contributed by atoms with Gasteiger partial charge in [-0.25, -0.2) is 0 Å². The standard InChI is InChI=1S/C17H28N2/c1-13(2)8-10-18-14(3)11-15-6-7-17-16(12-15)5-4-9-19-17/h6-7,12-14,18-19H,4-5,8-11H2,1-3H3. The molecular weight excluding hydrogens is 232 g/mol. The summed E-state index contributed by atoms with van der Waals surface area (Å²) < 4.78 is 0. The Labute approximate surface area is 118 Å². The molecule has 0 aliphatic carbocycles. The van der Waals surface area contributed by atoms with Crippen molar-refractivity contribution < 1.29 is 0 Å². The Morgan fingerprint density at radius 3 is 2.89 bits per heavy atom. The third-order valence-electron chi connectivity index (χ3n) is 3.86. The van der Waals surface area contributed by atoms with E-state index in [2.05, 4.69) is 49.6 Å². The number of hydrogen-bond donors (Lipinski definition) is 2. The van der Waals surface area contributed by atoms with Gasteiger partial charge >= 0.3 is 0 Å². The van der Waals surface area contributed by atoms with E-state index in [-0.39, 0.29) is 0 Å². The van der Waals surface area contributed by atoms with Crippen LogP contribution < -0.4 is 10.6 Å². The molecule has 106 valence electrons. The summed E-state index contributed by atoms with van der Waals surface area (Å²) >= 11 is 0. The Kier molecular flexibility index (Phi) is 5.26. The molecule has 0 radical (unpaired) electrons. The topological polar surface area (TPSA) is 24.1 Å². The molecule has 0 bridgehead atoms. The predicted octanol–water partition coefficient (Wildman–Crippen LogP) is 3.61.